The molecule has 7 heteroatoms. The molecule has 0 bridgehead atoms. The van der Waals surface area contributed by atoms with Gasteiger partial charge in [-0.25, -0.2) is 19.7 Å². The lowest BCUT2D eigenvalue weighted by Crippen LogP contribution is -2.56. The number of carbonyl (C=O) groups excluding carboxylic acids is 2. The first-order chi connectivity index (χ1) is 12.7. The fourth-order valence-corrected chi connectivity index (χ4v) is 4.34. The highest BCUT2D eigenvalue weighted by molar-refractivity contribution is 6.05. The molecule has 0 unspecified atom stereocenters. The molecule has 0 saturated heterocycles. The van der Waals surface area contributed by atoms with E-state index in [1.807, 2.05) is 33.8 Å². The van der Waals surface area contributed by atoms with Crippen LogP contribution in [0.25, 0.3) is 11.0 Å². The number of rotatable bonds is 0. The van der Waals surface area contributed by atoms with Gasteiger partial charge in [0.05, 0.1) is 12.1 Å². The molecule has 4 rings (SSSR count). The predicted octanol–water partition coefficient (Wildman–Crippen LogP) is 3.79. The van der Waals surface area contributed by atoms with Crippen molar-refractivity contribution in [3.63, 3.8) is 0 Å². The molecule has 0 radical (unpaired) electrons. The van der Waals surface area contributed by atoms with Crippen molar-refractivity contribution in [1.29, 1.82) is 0 Å². The highest BCUT2D eigenvalue weighted by Crippen LogP contribution is 2.42. The maximum Gasteiger partial charge on any atom is 0.417 e. The van der Waals surface area contributed by atoms with Crippen LogP contribution in [0.4, 0.5) is 4.79 Å². The maximum atomic E-state index is 13.2. The van der Waals surface area contributed by atoms with E-state index in [1.54, 1.807) is 6.20 Å². The molecule has 7 nitrogen and oxygen atoms in total. The quantitative estimate of drug-likeness (QED) is 0.705. The van der Waals surface area contributed by atoms with Crippen molar-refractivity contribution in [3.8, 4) is 0 Å². The van der Waals surface area contributed by atoms with Gasteiger partial charge in [0, 0.05) is 11.6 Å². The van der Waals surface area contributed by atoms with E-state index >= 15 is 0 Å². The van der Waals surface area contributed by atoms with E-state index in [0.29, 0.717) is 18.1 Å². The molecule has 3 heterocycles. The third-order valence-corrected chi connectivity index (χ3v) is 5.45. The van der Waals surface area contributed by atoms with Gasteiger partial charge in [-0.2, -0.15) is 0 Å². The van der Waals surface area contributed by atoms with Crippen LogP contribution in [-0.4, -0.2) is 43.6 Å². The molecule has 2 aromatic rings. The first-order valence-corrected chi connectivity index (χ1v) is 9.61. The van der Waals surface area contributed by atoms with E-state index in [2.05, 4.69) is 14.5 Å². The Morgan fingerprint density at radius 1 is 1.22 bits per heavy atom. The van der Waals surface area contributed by atoms with Crippen LogP contribution in [0.5, 0.6) is 0 Å². The highest BCUT2D eigenvalue weighted by atomic mass is 16.6. The van der Waals surface area contributed by atoms with Gasteiger partial charge in [0.15, 0.2) is 0 Å². The van der Waals surface area contributed by atoms with E-state index in [9.17, 15) is 9.59 Å². The molecule has 1 aliphatic carbocycles. The summed E-state index contributed by atoms with van der Waals surface area (Å²) in [7, 11) is 0. The molecule has 1 saturated carbocycles. The molecule has 1 fully saturated rings. The summed E-state index contributed by atoms with van der Waals surface area (Å²) in [6.07, 6.45) is 6.32. The third kappa shape index (κ3) is 2.99. The van der Waals surface area contributed by atoms with Crippen molar-refractivity contribution in [3.05, 3.63) is 23.8 Å². The van der Waals surface area contributed by atoms with Crippen molar-refractivity contribution in [2.75, 3.05) is 6.54 Å². The van der Waals surface area contributed by atoms with E-state index in [4.69, 9.17) is 4.74 Å². The second kappa shape index (κ2) is 6.04. The Morgan fingerprint density at radius 2 is 1.93 bits per heavy atom. The number of aryl methyl sites for hydroxylation is 1. The fourth-order valence-electron chi connectivity index (χ4n) is 4.34. The Hall–Kier alpha value is -2.44. The molecule has 144 valence electrons. The average Bonchev–Trinajstić information content (AvgIpc) is 2.97. The van der Waals surface area contributed by atoms with Crippen molar-refractivity contribution in [2.45, 2.75) is 70.9 Å². The zero-order valence-corrected chi connectivity index (χ0v) is 16.4. The number of aromatic nitrogens is 3. The van der Waals surface area contributed by atoms with E-state index in [-0.39, 0.29) is 11.4 Å². The molecule has 0 atom stereocenters. The largest absolute Gasteiger partial charge is 0.443 e. The molecule has 0 N–H and O–H groups in total. The number of amides is 2. The van der Waals surface area contributed by atoms with Gasteiger partial charge in [-0.15, -0.1) is 0 Å². The van der Waals surface area contributed by atoms with Crippen LogP contribution < -0.4 is 0 Å². The van der Waals surface area contributed by atoms with Crippen LogP contribution in [0, 0.1) is 6.92 Å². The minimum absolute atomic E-state index is 0.319. The van der Waals surface area contributed by atoms with Crippen LogP contribution in [0.15, 0.2) is 12.3 Å². The Balaban J connectivity index is 1.86. The van der Waals surface area contributed by atoms with Crippen LogP contribution in [0.3, 0.4) is 0 Å². The predicted molar refractivity (Wildman–Crippen MR) is 101 cm³/mol. The summed E-state index contributed by atoms with van der Waals surface area (Å²) in [5.74, 6) is 0.354. The summed E-state index contributed by atoms with van der Waals surface area (Å²) in [6, 6.07) is 1.81. The minimum atomic E-state index is -0.649. The van der Waals surface area contributed by atoms with Gasteiger partial charge in [0.2, 0.25) is 0 Å². The Bertz CT molecular complexity index is 919. The van der Waals surface area contributed by atoms with Gasteiger partial charge in [-0.3, -0.25) is 4.79 Å². The van der Waals surface area contributed by atoms with Gasteiger partial charge in [0.1, 0.15) is 22.8 Å². The molecule has 1 aliphatic heterocycles. The third-order valence-electron chi connectivity index (χ3n) is 5.45. The molecule has 0 aromatic carbocycles. The van der Waals surface area contributed by atoms with E-state index in [0.717, 1.165) is 36.7 Å². The summed E-state index contributed by atoms with van der Waals surface area (Å²) in [5, 5.41) is 0.833. The van der Waals surface area contributed by atoms with Crippen molar-refractivity contribution in [1.82, 2.24) is 19.4 Å². The summed E-state index contributed by atoms with van der Waals surface area (Å²) >= 11 is 0. The molecule has 1 spiro atoms. The van der Waals surface area contributed by atoms with Crippen LogP contribution in [0.2, 0.25) is 0 Å². The summed E-state index contributed by atoms with van der Waals surface area (Å²) < 4.78 is 7.60. The number of imide groups is 1. The molecule has 2 aromatic heterocycles. The van der Waals surface area contributed by atoms with Crippen molar-refractivity contribution in [2.24, 2.45) is 0 Å². The lowest BCUT2D eigenvalue weighted by atomic mass is 9.79. The minimum Gasteiger partial charge on any atom is -0.443 e. The first-order valence-electron chi connectivity index (χ1n) is 9.61. The van der Waals surface area contributed by atoms with Gasteiger partial charge in [0.25, 0.3) is 5.91 Å². The SMILES string of the molecule is Cc1ncc2cc3n(c2n1)C1(CCCCC1)CN(C(=O)OC(C)(C)C)C3=O. The lowest BCUT2D eigenvalue weighted by Gasteiger charge is -2.46. The van der Waals surface area contributed by atoms with Crippen LogP contribution >= 0.6 is 0 Å². The number of ether oxygens (including phenoxy) is 1. The number of fused-ring (bicyclic) bond motifs is 4. The smallest absolute Gasteiger partial charge is 0.417 e. The first kappa shape index (κ1) is 17.9. The zero-order chi connectivity index (χ0) is 19.4. The normalized spacial score (nSPS) is 19.4. The van der Waals surface area contributed by atoms with Crippen LogP contribution in [-0.2, 0) is 10.3 Å². The van der Waals surface area contributed by atoms with E-state index < -0.39 is 11.7 Å². The van der Waals surface area contributed by atoms with Gasteiger partial charge in [-0.1, -0.05) is 19.3 Å². The van der Waals surface area contributed by atoms with Crippen molar-refractivity contribution >= 4 is 23.0 Å². The Kier molecular flexibility index (Phi) is 4.01. The van der Waals surface area contributed by atoms with Gasteiger partial charge < -0.3 is 9.30 Å². The van der Waals surface area contributed by atoms with Crippen molar-refractivity contribution < 1.29 is 14.3 Å². The second-order valence-electron chi connectivity index (χ2n) is 8.72. The van der Waals surface area contributed by atoms with Gasteiger partial charge >= 0.3 is 6.09 Å². The standard InChI is InChI=1S/C20H26N4O3/c1-13-21-11-14-10-15-17(25)23(18(26)27-19(2,3)4)12-20(8-6-5-7-9-20)24(15)16(14)22-13/h10-11H,5-9,12H2,1-4H3. The number of hydrogen-bond donors (Lipinski definition) is 0. The van der Waals surface area contributed by atoms with E-state index in [1.165, 1.54) is 11.3 Å². The number of carbonyl (C=O) groups is 2. The maximum absolute atomic E-state index is 13.2. The Morgan fingerprint density at radius 3 is 2.59 bits per heavy atom. The number of nitrogens with zero attached hydrogens (tertiary/aromatic N) is 4. The average molecular weight is 370 g/mol. The summed E-state index contributed by atoms with van der Waals surface area (Å²) in [4.78, 5) is 36.1. The molecule has 2 amide bonds. The number of hydrogen-bond acceptors (Lipinski definition) is 5. The molecular formula is C20H26N4O3. The Labute approximate surface area is 158 Å². The second-order valence-corrected chi connectivity index (χ2v) is 8.72. The molecular weight excluding hydrogens is 344 g/mol. The fraction of sp³-hybridized carbons (Fsp3) is 0.600. The lowest BCUT2D eigenvalue weighted by molar-refractivity contribution is 0.00755. The zero-order valence-electron chi connectivity index (χ0n) is 16.4. The highest BCUT2D eigenvalue weighted by Gasteiger charge is 2.47. The molecule has 2 aliphatic rings. The summed E-state index contributed by atoms with van der Waals surface area (Å²) in [6.45, 7) is 7.62. The topological polar surface area (TPSA) is 77.3 Å². The monoisotopic (exact) mass is 370 g/mol. The van der Waals surface area contributed by atoms with Gasteiger partial charge in [-0.05, 0) is 46.6 Å². The van der Waals surface area contributed by atoms with Crippen LogP contribution in [0.1, 0.15) is 69.2 Å². The molecule has 27 heavy (non-hydrogen) atoms. The summed E-state index contributed by atoms with van der Waals surface area (Å²) in [5.41, 5.74) is 0.325.